The van der Waals surface area contributed by atoms with E-state index in [2.05, 4.69) is 31.0 Å². The molecule has 0 amide bonds. The van der Waals surface area contributed by atoms with E-state index < -0.39 is 0 Å². The molecule has 152 valence electrons. The highest BCUT2D eigenvalue weighted by Gasteiger charge is 2.07. The van der Waals surface area contributed by atoms with Crippen molar-refractivity contribution in [1.29, 1.82) is 0 Å². The Kier molecular flexibility index (Phi) is 11.3. The molecule has 1 aromatic carbocycles. The van der Waals surface area contributed by atoms with Gasteiger partial charge in [-0.15, -0.1) is 0 Å². The summed E-state index contributed by atoms with van der Waals surface area (Å²) in [5.41, 5.74) is 3.24. The van der Waals surface area contributed by atoms with Gasteiger partial charge in [0.25, 0.3) is 0 Å². The Morgan fingerprint density at radius 3 is 2.44 bits per heavy atom. The first-order chi connectivity index (χ1) is 13.0. The number of benzene rings is 1. The molecule has 0 radical (unpaired) electrons. The highest BCUT2D eigenvalue weighted by atomic mass is 16.6. The second-order valence-electron chi connectivity index (χ2n) is 6.92. The van der Waals surface area contributed by atoms with Crippen LogP contribution in [0.3, 0.4) is 0 Å². The molecular formula is C22H36N2O3. The zero-order chi connectivity index (χ0) is 20.1. The lowest BCUT2D eigenvalue weighted by Crippen LogP contribution is -2.25. The normalized spacial score (nSPS) is 12.0. The van der Waals surface area contributed by atoms with Gasteiger partial charge in [0, 0.05) is 6.54 Å². The van der Waals surface area contributed by atoms with Crippen LogP contribution in [0, 0.1) is 13.8 Å². The maximum Gasteiger partial charge on any atom is 0.125 e. The molecular weight excluding hydrogens is 340 g/mol. The van der Waals surface area contributed by atoms with Gasteiger partial charge in [-0.25, -0.2) is 0 Å². The summed E-state index contributed by atoms with van der Waals surface area (Å²) in [6.07, 6.45) is 7.34. The number of unbranched alkanes of at least 4 members (excludes halogenated alkanes) is 2. The van der Waals surface area contributed by atoms with Gasteiger partial charge in [-0.05, 0) is 83.8 Å². The van der Waals surface area contributed by atoms with Crippen molar-refractivity contribution in [2.45, 2.75) is 47.0 Å². The molecule has 5 heteroatoms. The van der Waals surface area contributed by atoms with Gasteiger partial charge in [0.2, 0.25) is 0 Å². The summed E-state index contributed by atoms with van der Waals surface area (Å²) in [6, 6.07) is 4.09. The Hall–Kier alpha value is -2.01. The first-order valence-electron chi connectivity index (χ1n) is 9.71. The highest BCUT2D eigenvalue weighted by Crippen LogP contribution is 2.28. The van der Waals surface area contributed by atoms with Crippen molar-refractivity contribution in [3.63, 3.8) is 0 Å². The molecule has 0 saturated heterocycles. The second kappa shape index (κ2) is 13.2. The van der Waals surface area contributed by atoms with Gasteiger partial charge in [-0.1, -0.05) is 17.3 Å². The van der Waals surface area contributed by atoms with E-state index in [1.54, 1.807) is 7.11 Å². The molecule has 0 saturated carbocycles. The zero-order valence-electron chi connectivity index (χ0n) is 17.9. The number of ether oxygens (including phenoxy) is 2. The number of rotatable bonds is 13. The molecule has 1 rings (SSSR count). The van der Waals surface area contributed by atoms with Crippen molar-refractivity contribution in [3.8, 4) is 11.5 Å². The Bertz CT molecular complexity index is 589. The van der Waals surface area contributed by atoms with Crippen molar-refractivity contribution < 1.29 is 14.3 Å². The number of oxime groups is 1. The largest absolute Gasteiger partial charge is 0.493 e. The van der Waals surface area contributed by atoms with Gasteiger partial charge in [-0.3, -0.25) is 0 Å². The molecule has 0 unspecified atom stereocenters. The maximum atomic E-state index is 6.03. The smallest absolute Gasteiger partial charge is 0.125 e. The predicted molar refractivity (Wildman–Crippen MR) is 113 cm³/mol. The average Bonchev–Trinajstić information content (AvgIpc) is 2.60. The van der Waals surface area contributed by atoms with E-state index in [4.69, 9.17) is 14.3 Å². The number of hydrogen-bond acceptors (Lipinski definition) is 5. The fourth-order valence-electron chi connectivity index (χ4n) is 2.95. The number of hydrogen-bond donors (Lipinski definition) is 0. The Morgan fingerprint density at radius 1 is 1.11 bits per heavy atom. The van der Waals surface area contributed by atoms with Crippen LogP contribution in [-0.4, -0.2) is 51.1 Å². The second-order valence-corrected chi connectivity index (χ2v) is 6.92. The van der Waals surface area contributed by atoms with Crippen molar-refractivity contribution in [1.82, 2.24) is 4.90 Å². The summed E-state index contributed by atoms with van der Waals surface area (Å²) < 4.78 is 11.8. The lowest BCUT2D eigenvalue weighted by molar-refractivity contribution is 0.210. The molecule has 0 spiro atoms. The van der Waals surface area contributed by atoms with Crippen LogP contribution >= 0.6 is 0 Å². The van der Waals surface area contributed by atoms with E-state index in [-0.39, 0.29) is 0 Å². The van der Waals surface area contributed by atoms with Crippen LogP contribution in [0.4, 0.5) is 0 Å². The Balaban J connectivity index is 2.31. The van der Waals surface area contributed by atoms with E-state index in [0.29, 0.717) is 6.61 Å². The number of allylic oxidation sites excluding steroid dienone is 1. The van der Waals surface area contributed by atoms with Crippen LogP contribution in [-0.2, 0) is 4.84 Å². The molecule has 0 bridgehead atoms. The third kappa shape index (κ3) is 9.48. The third-order valence-corrected chi connectivity index (χ3v) is 4.19. The molecule has 27 heavy (non-hydrogen) atoms. The fourth-order valence-corrected chi connectivity index (χ4v) is 2.95. The molecule has 5 nitrogen and oxygen atoms in total. The summed E-state index contributed by atoms with van der Waals surface area (Å²) in [5, 5.41) is 3.94. The molecule has 0 heterocycles. The minimum atomic E-state index is 0.598. The number of aryl methyl sites for hydroxylation is 2. The standard InChI is InChI=1S/C22H36N2O3/c1-7-8-13-26-21-15-18(2)22(19(3)16-21)27-14-11-9-10-12-24(5)17-20(4)23-25-6/h7-8,15-16H,9-14,17H2,1-6H3/b8-7+,23-20+. The van der Waals surface area contributed by atoms with Crippen molar-refractivity contribution in [2.75, 3.05) is 40.5 Å². The van der Waals surface area contributed by atoms with Gasteiger partial charge in [0.15, 0.2) is 0 Å². The first-order valence-corrected chi connectivity index (χ1v) is 9.71. The molecule has 0 atom stereocenters. The SMILES string of the molecule is C/C=C/COc1cc(C)c(OCCCCCN(C)C/C(C)=N/OC)c(C)c1. The maximum absolute atomic E-state index is 6.03. The van der Waals surface area contributed by atoms with Crippen molar-refractivity contribution >= 4 is 5.71 Å². The number of nitrogens with zero attached hydrogens (tertiary/aromatic N) is 2. The van der Waals surface area contributed by atoms with Gasteiger partial charge in [0.05, 0.1) is 12.3 Å². The van der Waals surface area contributed by atoms with Crippen LogP contribution in [0.5, 0.6) is 11.5 Å². The lowest BCUT2D eigenvalue weighted by Gasteiger charge is -2.16. The summed E-state index contributed by atoms with van der Waals surface area (Å²) in [5.74, 6) is 1.88. The van der Waals surface area contributed by atoms with E-state index in [1.165, 1.54) is 0 Å². The van der Waals surface area contributed by atoms with Gasteiger partial charge in [0.1, 0.15) is 25.2 Å². The van der Waals surface area contributed by atoms with Gasteiger partial charge >= 0.3 is 0 Å². The average molecular weight is 377 g/mol. The van der Waals surface area contributed by atoms with E-state index in [1.807, 2.05) is 38.1 Å². The topological polar surface area (TPSA) is 43.3 Å². The van der Waals surface area contributed by atoms with Gasteiger partial charge < -0.3 is 19.2 Å². The molecule has 0 N–H and O–H groups in total. The van der Waals surface area contributed by atoms with Crippen LogP contribution in [0.2, 0.25) is 0 Å². The minimum absolute atomic E-state index is 0.598. The van der Waals surface area contributed by atoms with E-state index in [0.717, 1.165) is 67.3 Å². The summed E-state index contributed by atoms with van der Waals surface area (Å²) in [7, 11) is 3.69. The molecule has 1 aromatic rings. The van der Waals surface area contributed by atoms with Crippen LogP contribution in [0.15, 0.2) is 29.4 Å². The Labute approximate surface area is 165 Å². The van der Waals surface area contributed by atoms with E-state index >= 15 is 0 Å². The fraction of sp³-hybridized carbons (Fsp3) is 0.591. The molecule has 0 aliphatic heterocycles. The summed E-state index contributed by atoms with van der Waals surface area (Å²) in [4.78, 5) is 7.05. The third-order valence-electron chi connectivity index (χ3n) is 4.19. The van der Waals surface area contributed by atoms with Crippen molar-refractivity contribution in [3.05, 3.63) is 35.4 Å². The predicted octanol–water partition coefficient (Wildman–Crippen LogP) is 4.76. The van der Waals surface area contributed by atoms with Gasteiger partial charge in [-0.2, -0.15) is 0 Å². The first kappa shape index (κ1) is 23.0. The van der Waals surface area contributed by atoms with E-state index in [9.17, 15) is 0 Å². The monoisotopic (exact) mass is 376 g/mol. The van der Waals surface area contributed by atoms with Crippen LogP contribution < -0.4 is 9.47 Å². The Morgan fingerprint density at radius 2 is 1.81 bits per heavy atom. The van der Waals surface area contributed by atoms with Crippen LogP contribution in [0.1, 0.15) is 44.2 Å². The summed E-state index contributed by atoms with van der Waals surface area (Å²) in [6.45, 7) is 11.3. The highest BCUT2D eigenvalue weighted by molar-refractivity contribution is 5.83. The molecule has 0 aliphatic carbocycles. The molecule has 0 aromatic heterocycles. The zero-order valence-corrected chi connectivity index (χ0v) is 17.9. The quantitative estimate of drug-likeness (QED) is 0.215. The minimum Gasteiger partial charge on any atom is -0.493 e. The molecule has 0 aliphatic rings. The van der Waals surface area contributed by atoms with Crippen molar-refractivity contribution in [2.24, 2.45) is 5.16 Å². The lowest BCUT2D eigenvalue weighted by atomic mass is 10.1. The van der Waals surface area contributed by atoms with Crippen LogP contribution in [0.25, 0.3) is 0 Å². The molecule has 0 fully saturated rings. The summed E-state index contributed by atoms with van der Waals surface area (Å²) >= 11 is 0.